The van der Waals surface area contributed by atoms with Crippen molar-refractivity contribution < 1.29 is 9.84 Å². The molecule has 1 aromatic carbocycles. The first kappa shape index (κ1) is 20.6. The number of fused-ring (bicyclic) bond motifs is 1. The van der Waals surface area contributed by atoms with Gasteiger partial charge in [-0.15, -0.1) is 0 Å². The topological polar surface area (TPSA) is 133 Å². The molecule has 11 heteroatoms. The lowest BCUT2D eigenvalue weighted by Crippen LogP contribution is -2.20. The first-order valence-electron chi connectivity index (χ1n) is 9.56. The van der Waals surface area contributed by atoms with Crippen molar-refractivity contribution in [3.63, 3.8) is 0 Å². The molecule has 31 heavy (non-hydrogen) atoms. The minimum atomic E-state index is -0.511. The van der Waals surface area contributed by atoms with Crippen LogP contribution in [0.5, 0.6) is 5.88 Å². The lowest BCUT2D eigenvalue weighted by Gasteiger charge is -2.07. The molecule has 0 bridgehead atoms. The van der Waals surface area contributed by atoms with Gasteiger partial charge in [0.2, 0.25) is 5.88 Å². The molecule has 0 radical (unpaired) electrons. The van der Waals surface area contributed by atoms with E-state index in [0.717, 1.165) is 5.69 Å². The predicted molar refractivity (Wildman–Crippen MR) is 117 cm³/mol. The number of nitrogens with one attached hydrogen (secondary N) is 3. The second kappa shape index (κ2) is 9.02. The maximum Gasteiger partial charge on any atom is 0.326 e. The number of anilines is 2. The summed E-state index contributed by atoms with van der Waals surface area (Å²) in [4.78, 5) is 25.4. The second-order valence-electron chi connectivity index (χ2n) is 6.53. The van der Waals surface area contributed by atoms with Crippen LogP contribution in [0.4, 0.5) is 11.5 Å². The third kappa shape index (κ3) is 4.76. The Balaban J connectivity index is 1.84. The predicted octanol–water partition coefficient (Wildman–Crippen LogP) is 1.33. The van der Waals surface area contributed by atoms with Crippen molar-refractivity contribution in [1.29, 1.82) is 0 Å². The molecule has 0 saturated heterocycles. The Labute approximate surface area is 180 Å². The Morgan fingerprint density at radius 1 is 1.35 bits per heavy atom. The van der Waals surface area contributed by atoms with Crippen molar-refractivity contribution in [1.82, 2.24) is 24.6 Å². The summed E-state index contributed by atoms with van der Waals surface area (Å²) in [6, 6.07) is 9.04. The summed E-state index contributed by atoms with van der Waals surface area (Å²) in [7, 11) is 0. The Hall–Kier alpha value is -3.63. The molecule has 10 nitrogen and oxygen atoms in total. The monoisotopic (exact) mass is 441 g/mol. The van der Waals surface area contributed by atoms with Gasteiger partial charge in [-0.2, -0.15) is 9.61 Å². The van der Waals surface area contributed by atoms with Gasteiger partial charge in [-0.1, -0.05) is 17.7 Å². The van der Waals surface area contributed by atoms with E-state index in [0.29, 0.717) is 47.0 Å². The third-order valence-electron chi connectivity index (χ3n) is 4.33. The highest BCUT2D eigenvalue weighted by atomic mass is 35.5. The second-order valence-corrected chi connectivity index (χ2v) is 6.97. The number of halogens is 1. The van der Waals surface area contributed by atoms with Gasteiger partial charge in [0.15, 0.2) is 11.1 Å². The van der Waals surface area contributed by atoms with Crippen LogP contribution in [0.3, 0.4) is 0 Å². The van der Waals surface area contributed by atoms with Crippen LogP contribution in [0, 0.1) is 0 Å². The molecule has 3 aromatic heterocycles. The number of nitrogens with zero attached hydrogens (tertiary/aromatic N) is 4. The summed E-state index contributed by atoms with van der Waals surface area (Å²) in [6.07, 6.45) is 3.16. The number of hydrogen-bond acceptors (Lipinski definition) is 7. The molecule has 3 heterocycles. The molecule has 4 rings (SSSR count). The molecular weight excluding hydrogens is 422 g/mol. The molecule has 4 N–H and O–H groups in total. The molecular formula is C20H20ClN7O3. The molecule has 0 spiro atoms. The van der Waals surface area contributed by atoms with Gasteiger partial charge in [0.25, 0.3) is 0 Å². The Morgan fingerprint density at radius 2 is 2.23 bits per heavy atom. The summed E-state index contributed by atoms with van der Waals surface area (Å²) in [5, 5.41) is 18.6. The Morgan fingerprint density at radius 3 is 2.97 bits per heavy atom. The van der Waals surface area contributed by atoms with Gasteiger partial charge < -0.3 is 20.1 Å². The number of imidazole rings is 1. The normalized spacial score (nSPS) is 12.7. The average molecular weight is 442 g/mol. The van der Waals surface area contributed by atoms with Crippen molar-refractivity contribution in [3.8, 4) is 5.88 Å². The van der Waals surface area contributed by atoms with E-state index in [9.17, 15) is 9.90 Å². The van der Waals surface area contributed by atoms with E-state index in [1.807, 2.05) is 19.1 Å². The lowest BCUT2D eigenvalue weighted by atomic mass is 10.3. The fourth-order valence-corrected chi connectivity index (χ4v) is 3.16. The minimum absolute atomic E-state index is 0.227. The van der Waals surface area contributed by atoms with E-state index in [4.69, 9.17) is 16.3 Å². The van der Waals surface area contributed by atoms with Crippen molar-refractivity contribution in [2.75, 3.05) is 25.1 Å². The molecule has 0 aliphatic carbocycles. The maximum atomic E-state index is 11.4. The zero-order chi connectivity index (χ0) is 21.8. The van der Waals surface area contributed by atoms with Crippen LogP contribution < -0.4 is 21.7 Å². The average Bonchev–Trinajstić information content (AvgIpc) is 3.28. The van der Waals surface area contributed by atoms with Crippen LogP contribution >= 0.6 is 11.6 Å². The van der Waals surface area contributed by atoms with Crippen LogP contribution in [0.2, 0.25) is 5.02 Å². The van der Waals surface area contributed by atoms with Gasteiger partial charge in [-0.3, -0.25) is 9.98 Å². The van der Waals surface area contributed by atoms with Crippen LogP contribution in [0.25, 0.3) is 11.7 Å². The van der Waals surface area contributed by atoms with Crippen LogP contribution in [-0.4, -0.2) is 49.4 Å². The molecule has 0 aliphatic rings. The number of H-pyrrole nitrogens is 2. The van der Waals surface area contributed by atoms with Gasteiger partial charge in [0, 0.05) is 28.6 Å². The molecule has 0 aliphatic heterocycles. The van der Waals surface area contributed by atoms with Crippen LogP contribution in [0.1, 0.15) is 12.6 Å². The summed E-state index contributed by atoms with van der Waals surface area (Å²) in [6.45, 7) is 3.47. The first-order chi connectivity index (χ1) is 15.0. The van der Waals surface area contributed by atoms with Crippen LogP contribution in [-0.2, 0) is 4.74 Å². The SMILES string of the molecule is CCOCCN=c1cc(Nc2cccc(Cl)c2)nc2/c(=C/c3[nH]c(=O)[nH]c3O)cnn12. The quantitative estimate of drug-likeness (QED) is 0.320. The van der Waals surface area contributed by atoms with Gasteiger partial charge >= 0.3 is 5.69 Å². The third-order valence-corrected chi connectivity index (χ3v) is 4.56. The van der Waals surface area contributed by atoms with E-state index >= 15 is 0 Å². The highest BCUT2D eigenvalue weighted by Crippen LogP contribution is 2.18. The van der Waals surface area contributed by atoms with Gasteiger partial charge in [0.05, 0.1) is 19.3 Å². The number of benzene rings is 1. The van der Waals surface area contributed by atoms with Crippen LogP contribution in [0.15, 0.2) is 46.3 Å². The standard InChI is InChI=1S/C20H20ClN7O3/c1-2-31-7-6-22-17-10-16(24-14-5-3-4-13(21)9-14)26-18-12(11-23-28(17)18)8-15-19(29)27-20(30)25-15/h3-5,8-11,24,29H,2,6-7H2,1H3,(H2,25,27,30)/b12-8+,22-17?. The molecule has 160 valence electrons. The van der Waals surface area contributed by atoms with E-state index in [2.05, 4.69) is 30.4 Å². The number of rotatable bonds is 7. The minimum Gasteiger partial charge on any atom is -0.493 e. The molecule has 4 aromatic rings. The fourth-order valence-electron chi connectivity index (χ4n) is 2.97. The van der Waals surface area contributed by atoms with Gasteiger partial charge in [-0.05, 0) is 31.2 Å². The summed E-state index contributed by atoms with van der Waals surface area (Å²) in [5.41, 5.74) is 1.54. The number of hydrogen-bond donors (Lipinski definition) is 4. The Bertz CT molecular complexity index is 1390. The molecule has 0 atom stereocenters. The fraction of sp³-hybridized carbons (Fsp3) is 0.200. The van der Waals surface area contributed by atoms with Crippen molar-refractivity contribution in [2.24, 2.45) is 4.99 Å². The number of aromatic amines is 2. The zero-order valence-electron chi connectivity index (χ0n) is 16.6. The van der Waals surface area contributed by atoms with E-state index in [1.54, 1.807) is 35.0 Å². The first-order valence-corrected chi connectivity index (χ1v) is 9.94. The Kier molecular flexibility index (Phi) is 6.01. The number of aromatic nitrogens is 5. The molecule has 0 unspecified atom stereocenters. The highest BCUT2D eigenvalue weighted by Gasteiger charge is 2.08. The van der Waals surface area contributed by atoms with Crippen molar-refractivity contribution in [3.05, 3.63) is 68.4 Å². The summed E-state index contributed by atoms with van der Waals surface area (Å²) < 4.78 is 6.95. The lowest BCUT2D eigenvalue weighted by molar-refractivity contribution is 0.155. The number of aromatic hydroxyl groups is 1. The maximum absolute atomic E-state index is 11.4. The molecule has 0 fully saturated rings. The molecule has 0 amide bonds. The zero-order valence-corrected chi connectivity index (χ0v) is 17.3. The largest absolute Gasteiger partial charge is 0.493 e. The van der Waals surface area contributed by atoms with E-state index in [1.165, 1.54) is 0 Å². The van der Waals surface area contributed by atoms with E-state index in [-0.39, 0.29) is 11.6 Å². The number of ether oxygens (including phenoxy) is 1. The van der Waals surface area contributed by atoms with Crippen molar-refractivity contribution >= 4 is 34.8 Å². The summed E-state index contributed by atoms with van der Waals surface area (Å²) in [5.74, 6) is 0.269. The summed E-state index contributed by atoms with van der Waals surface area (Å²) >= 11 is 6.08. The highest BCUT2D eigenvalue weighted by molar-refractivity contribution is 6.30. The van der Waals surface area contributed by atoms with Gasteiger partial charge in [0.1, 0.15) is 11.5 Å². The molecule has 0 saturated carbocycles. The van der Waals surface area contributed by atoms with Gasteiger partial charge in [-0.25, -0.2) is 9.78 Å². The van der Waals surface area contributed by atoms with E-state index < -0.39 is 5.69 Å². The van der Waals surface area contributed by atoms with Crippen molar-refractivity contribution in [2.45, 2.75) is 6.92 Å². The smallest absolute Gasteiger partial charge is 0.326 e.